The van der Waals surface area contributed by atoms with Crippen LogP contribution in [0.2, 0.25) is 5.15 Å². The van der Waals surface area contributed by atoms with Gasteiger partial charge in [0.1, 0.15) is 5.82 Å². The van der Waals surface area contributed by atoms with E-state index >= 15 is 0 Å². The van der Waals surface area contributed by atoms with Crippen LogP contribution in [0.3, 0.4) is 0 Å². The number of nitrogens with one attached hydrogen (secondary N) is 1. The van der Waals surface area contributed by atoms with Crippen LogP contribution in [-0.4, -0.2) is 9.97 Å². The predicted octanol–water partition coefficient (Wildman–Crippen LogP) is 2.57. The van der Waals surface area contributed by atoms with Gasteiger partial charge in [-0.25, -0.2) is 9.37 Å². The number of nitrogens with zero attached hydrogens (tertiary/aromatic N) is 1. The van der Waals surface area contributed by atoms with Crippen molar-refractivity contribution in [3.8, 4) is 0 Å². The lowest BCUT2D eigenvalue weighted by Gasteiger charge is -2.00. The second kappa shape index (κ2) is 4.53. The molecule has 0 aliphatic rings. The van der Waals surface area contributed by atoms with Gasteiger partial charge in [-0.15, -0.1) is 0 Å². The van der Waals surface area contributed by atoms with Gasteiger partial charge in [0.2, 0.25) is 0 Å². The Bertz CT molecular complexity index is 496. The molecule has 0 saturated carbocycles. The summed E-state index contributed by atoms with van der Waals surface area (Å²) in [6.07, 6.45) is 1.35. The Morgan fingerprint density at radius 2 is 2.19 bits per heavy atom. The zero-order valence-electron chi connectivity index (χ0n) is 8.50. The van der Waals surface area contributed by atoms with Crippen molar-refractivity contribution < 1.29 is 4.39 Å². The van der Waals surface area contributed by atoms with Gasteiger partial charge >= 0.3 is 0 Å². The maximum Gasteiger partial charge on any atom is 0.199 e. The zero-order chi connectivity index (χ0) is 11.5. The number of anilines is 1. The number of imidazole rings is 1. The smallest absolute Gasteiger partial charge is 0.199 e. The molecule has 1 aromatic heterocycles. The van der Waals surface area contributed by atoms with Gasteiger partial charge in [0.15, 0.2) is 11.1 Å². The Hall–Kier alpha value is -1.55. The molecule has 16 heavy (non-hydrogen) atoms. The lowest BCUT2D eigenvalue weighted by molar-refractivity contribution is 0.625. The summed E-state index contributed by atoms with van der Waals surface area (Å²) in [5.74, 6) is 0.0759. The van der Waals surface area contributed by atoms with Crippen LogP contribution in [0.1, 0.15) is 11.3 Å². The van der Waals surface area contributed by atoms with Crippen molar-refractivity contribution in [2.75, 3.05) is 5.73 Å². The molecule has 5 heteroatoms. The molecule has 1 heterocycles. The molecule has 3 N–H and O–H groups in total. The number of nitrogens with two attached hydrogens (primary N) is 1. The first-order valence-corrected chi connectivity index (χ1v) is 5.27. The van der Waals surface area contributed by atoms with Crippen molar-refractivity contribution in [3.63, 3.8) is 0 Å². The highest BCUT2D eigenvalue weighted by Crippen LogP contribution is 2.16. The van der Waals surface area contributed by atoms with E-state index in [0.29, 0.717) is 23.9 Å². The molecule has 2 rings (SSSR count). The van der Waals surface area contributed by atoms with Gasteiger partial charge in [-0.2, -0.15) is 0 Å². The fraction of sp³-hybridized carbons (Fsp3) is 0.182. The van der Waals surface area contributed by atoms with Crippen LogP contribution in [0.5, 0.6) is 0 Å². The Labute approximate surface area is 97.5 Å². The Morgan fingerprint density at radius 3 is 2.81 bits per heavy atom. The van der Waals surface area contributed by atoms with E-state index < -0.39 is 0 Å². The molecule has 0 spiro atoms. The Morgan fingerprint density at radius 1 is 1.38 bits per heavy atom. The van der Waals surface area contributed by atoms with Crippen LogP contribution in [0.15, 0.2) is 24.3 Å². The molecule has 0 amide bonds. The fourth-order valence-electron chi connectivity index (χ4n) is 1.53. The first-order valence-electron chi connectivity index (χ1n) is 4.89. The first-order chi connectivity index (χ1) is 7.65. The molecule has 1 aromatic carbocycles. The second-order valence-corrected chi connectivity index (χ2v) is 3.88. The molecule has 84 valence electrons. The predicted molar refractivity (Wildman–Crippen MR) is 61.8 cm³/mol. The molecule has 2 aromatic rings. The Balaban J connectivity index is 2.05. The minimum absolute atomic E-state index is 0.229. The largest absolute Gasteiger partial charge is 0.369 e. The third-order valence-corrected chi connectivity index (χ3v) is 2.61. The normalized spacial score (nSPS) is 10.6. The highest BCUT2D eigenvalue weighted by atomic mass is 35.5. The molecular weight excluding hydrogens is 229 g/mol. The molecular formula is C11H11ClFN3. The topological polar surface area (TPSA) is 54.7 Å². The van der Waals surface area contributed by atoms with Gasteiger partial charge in [0.05, 0.1) is 5.69 Å². The van der Waals surface area contributed by atoms with E-state index in [1.54, 1.807) is 6.07 Å². The summed E-state index contributed by atoms with van der Waals surface area (Å²) in [6.45, 7) is 0. The monoisotopic (exact) mass is 239 g/mol. The number of benzene rings is 1. The number of nitrogen functional groups attached to an aromatic ring is 1. The maximum atomic E-state index is 12.9. The van der Waals surface area contributed by atoms with Crippen molar-refractivity contribution >= 4 is 17.5 Å². The summed E-state index contributed by atoms with van der Waals surface area (Å²) in [5.41, 5.74) is 7.16. The quantitative estimate of drug-likeness (QED) is 0.865. The van der Waals surface area contributed by atoms with E-state index in [9.17, 15) is 4.39 Å². The maximum absolute atomic E-state index is 12.9. The fourth-order valence-corrected chi connectivity index (χ4v) is 1.77. The van der Waals surface area contributed by atoms with Crippen molar-refractivity contribution in [2.45, 2.75) is 12.8 Å². The lowest BCUT2D eigenvalue weighted by Crippen LogP contribution is -1.93. The number of rotatable bonds is 3. The highest BCUT2D eigenvalue weighted by molar-refractivity contribution is 6.30. The Kier molecular flexibility index (Phi) is 3.10. The zero-order valence-corrected chi connectivity index (χ0v) is 9.26. The second-order valence-electron chi connectivity index (χ2n) is 3.52. The number of aromatic amines is 1. The summed E-state index contributed by atoms with van der Waals surface area (Å²) in [6, 6.07) is 6.49. The summed E-state index contributed by atoms with van der Waals surface area (Å²) >= 11 is 5.85. The van der Waals surface area contributed by atoms with Crippen LogP contribution >= 0.6 is 11.6 Å². The van der Waals surface area contributed by atoms with Crippen LogP contribution in [0, 0.1) is 5.82 Å². The van der Waals surface area contributed by atoms with E-state index in [1.165, 1.54) is 12.1 Å². The number of hydrogen-bond acceptors (Lipinski definition) is 2. The standard InChI is InChI=1S/C11H11ClFN3/c12-10-9(15-11(14)16-10)5-4-7-2-1-3-8(13)6-7/h1-3,6H,4-5H2,(H3,14,15,16). The summed E-state index contributed by atoms with van der Waals surface area (Å²) in [5, 5.41) is 0.383. The average molecular weight is 240 g/mol. The third kappa shape index (κ3) is 2.52. The summed E-state index contributed by atoms with van der Waals surface area (Å²) < 4.78 is 12.9. The van der Waals surface area contributed by atoms with E-state index in [2.05, 4.69) is 9.97 Å². The lowest BCUT2D eigenvalue weighted by atomic mass is 10.1. The van der Waals surface area contributed by atoms with E-state index in [0.717, 1.165) is 11.3 Å². The van der Waals surface area contributed by atoms with Crippen molar-refractivity contribution in [1.29, 1.82) is 0 Å². The summed E-state index contributed by atoms with van der Waals surface area (Å²) in [4.78, 5) is 6.72. The minimum Gasteiger partial charge on any atom is -0.369 e. The van der Waals surface area contributed by atoms with Crippen molar-refractivity contribution in [2.24, 2.45) is 0 Å². The number of hydrogen-bond donors (Lipinski definition) is 2. The van der Waals surface area contributed by atoms with Gasteiger partial charge in [0, 0.05) is 0 Å². The number of aryl methyl sites for hydroxylation is 2. The van der Waals surface area contributed by atoms with E-state index in [4.69, 9.17) is 17.3 Å². The van der Waals surface area contributed by atoms with Gasteiger partial charge in [0.25, 0.3) is 0 Å². The van der Waals surface area contributed by atoms with Crippen LogP contribution in [-0.2, 0) is 12.8 Å². The minimum atomic E-state index is -0.229. The van der Waals surface area contributed by atoms with Crippen molar-refractivity contribution in [1.82, 2.24) is 9.97 Å². The van der Waals surface area contributed by atoms with Crippen LogP contribution in [0.4, 0.5) is 10.3 Å². The molecule has 0 aliphatic heterocycles. The van der Waals surface area contributed by atoms with Gasteiger partial charge in [-0.05, 0) is 30.5 Å². The SMILES string of the molecule is Nc1nc(Cl)c(CCc2cccc(F)c2)[nH]1. The molecule has 3 nitrogen and oxygen atoms in total. The highest BCUT2D eigenvalue weighted by Gasteiger charge is 2.06. The van der Waals surface area contributed by atoms with Gasteiger partial charge in [-0.1, -0.05) is 23.7 Å². The first kappa shape index (κ1) is 11.0. The number of halogens is 2. The molecule has 0 radical (unpaired) electrons. The molecule has 0 bridgehead atoms. The molecule has 0 aliphatic carbocycles. The van der Waals surface area contributed by atoms with Crippen LogP contribution < -0.4 is 5.73 Å². The van der Waals surface area contributed by atoms with Gasteiger partial charge < -0.3 is 10.7 Å². The number of H-pyrrole nitrogens is 1. The van der Waals surface area contributed by atoms with Crippen LogP contribution in [0.25, 0.3) is 0 Å². The third-order valence-electron chi connectivity index (χ3n) is 2.30. The molecule has 0 saturated heterocycles. The van der Waals surface area contributed by atoms with Crippen molar-refractivity contribution in [3.05, 3.63) is 46.5 Å². The van der Waals surface area contributed by atoms with E-state index in [1.807, 2.05) is 6.07 Å². The summed E-state index contributed by atoms with van der Waals surface area (Å²) in [7, 11) is 0. The molecule has 0 atom stereocenters. The molecule has 0 unspecified atom stereocenters. The van der Waals surface area contributed by atoms with Gasteiger partial charge in [-0.3, -0.25) is 0 Å². The van der Waals surface area contributed by atoms with E-state index in [-0.39, 0.29) is 5.82 Å². The molecule has 0 fully saturated rings. The number of aromatic nitrogens is 2. The average Bonchev–Trinajstić information content (AvgIpc) is 2.54.